The van der Waals surface area contributed by atoms with Crippen LogP contribution in [0.4, 0.5) is 11.4 Å². The maximum Gasteiger partial charge on any atom is 0.272 e. The third-order valence-electron chi connectivity index (χ3n) is 6.26. The lowest BCUT2D eigenvalue weighted by Gasteiger charge is -2.14. The number of anilines is 2. The summed E-state index contributed by atoms with van der Waals surface area (Å²) in [6.45, 7) is 2.30. The van der Waals surface area contributed by atoms with Crippen LogP contribution in [-0.2, 0) is 9.59 Å². The molecule has 3 N–H and O–H groups in total. The lowest BCUT2D eigenvalue weighted by atomic mass is 10.1. The first-order valence-corrected chi connectivity index (χ1v) is 15.2. The van der Waals surface area contributed by atoms with E-state index in [-0.39, 0.29) is 17.4 Å². The van der Waals surface area contributed by atoms with Gasteiger partial charge in [-0.2, -0.15) is 0 Å². The number of methoxy groups -OCH3 is 2. The average molecular weight is 646 g/mol. The lowest BCUT2D eigenvalue weighted by Crippen LogP contribution is -2.30. The summed E-state index contributed by atoms with van der Waals surface area (Å²) in [6.07, 6.45) is 1.57. The Morgan fingerprint density at radius 3 is 2.29 bits per heavy atom. The summed E-state index contributed by atoms with van der Waals surface area (Å²) in [5.74, 6) is 0.241. The van der Waals surface area contributed by atoms with Crippen LogP contribution in [0.25, 0.3) is 6.08 Å². The van der Waals surface area contributed by atoms with Gasteiger partial charge in [-0.1, -0.05) is 54.1 Å². The lowest BCUT2D eigenvalue weighted by molar-refractivity contribution is -0.114. The van der Waals surface area contributed by atoms with E-state index in [0.29, 0.717) is 51.4 Å². The molecule has 3 amide bonds. The molecule has 0 bridgehead atoms. The molecule has 4 aromatic carbocycles. The van der Waals surface area contributed by atoms with Gasteiger partial charge in [0.05, 0.1) is 37.3 Å². The maximum absolute atomic E-state index is 13.5. The van der Waals surface area contributed by atoms with Crippen molar-refractivity contribution in [1.82, 2.24) is 5.32 Å². The van der Waals surface area contributed by atoms with Crippen LogP contribution in [-0.4, -0.2) is 44.3 Å². The fourth-order valence-corrected chi connectivity index (χ4v) is 5.14. The second-order valence-electron chi connectivity index (χ2n) is 9.35. The van der Waals surface area contributed by atoms with Crippen molar-refractivity contribution in [3.8, 4) is 17.2 Å². The highest BCUT2D eigenvalue weighted by atomic mass is 35.5. The Kier molecular flexibility index (Phi) is 11.9. The van der Waals surface area contributed by atoms with Crippen molar-refractivity contribution in [3.05, 3.63) is 113 Å². The van der Waals surface area contributed by atoms with Crippen LogP contribution in [0.5, 0.6) is 17.2 Å². The molecule has 9 nitrogen and oxygen atoms in total. The molecular weight excluding hydrogens is 614 g/mol. The van der Waals surface area contributed by atoms with Crippen molar-refractivity contribution in [2.45, 2.75) is 11.8 Å². The molecule has 4 aromatic rings. The van der Waals surface area contributed by atoms with Crippen molar-refractivity contribution in [2.75, 3.05) is 37.2 Å². The Morgan fingerprint density at radius 1 is 0.822 bits per heavy atom. The van der Waals surface area contributed by atoms with E-state index < -0.39 is 11.8 Å². The fraction of sp³-hybridized carbons (Fsp3) is 0.147. The molecule has 232 valence electrons. The van der Waals surface area contributed by atoms with Crippen LogP contribution in [0.15, 0.2) is 102 Å². The van der Waals surface area contributed by atoms with Gasteiger partial charge in [0, 0.05) is 27.8 Å². The van der Waals surface area contributed by atoms with Gasteiger partial charge in [-0.05, 0) is 55.5 Å². The van der Waals surface area contributed by atoms with Crippen LogP contribution < -0.4 is 30.2 Å². The normalized spacial score (nSPS) is 10.9. The number of halogens is 1. The number of ether oxygens (including phenoxy) is 3. The largest absolute Gasteiger partial charge is 0.495 e. The van der Waals surface area contributed by atoms with E-state index in [4.69, 9.17) is 25.8 Å². The van der Waals surface area contributed by atoms with Gasteiger partial charge in [0.25, 0.3) is 11.8 Å². The molecule has 45 heavy (non-hydrogen) atoms. The van der Waals surface area contributed by atoms with E-state index in [1.807, 2.05) is 25.1 Å². The Balaban J connectivity index is 1.48. The third-order valence-corrected chi connectivity index (χ3v) is 7.55. The van der Waals surface area contributed by atoms with Crippen LogP contribution in [0.2, 0.25) is 5.02 Å². The summed E-state index contributed by atoms with van der Waals surface area (Å²) < 4.78 is 16.3. The first kappa shape index (κ1) is 33.0. The first-order valence-electron chi connectivity index (χ1n) is 13.9. The van der Waals surface area contributed by atoms with Gasteiger partial charge in [-0.3, -0.25) is 14.4 Å². The number of rotatable bonds is 13. The monoisotopic (exact) mass is 645 g/mol. The zero-order valence-electron chi connectivity index (χ0n) is 24.9. The molecule has 4 rings (SSSR count). The predicted molar refractivity (Wildman–Crippen MR) is 178 cm³/mol. The number of amides is 3. The van der Waals surface area contributed by atoms with Crippen molar-refractivity contribution < 1.29 is 28.6 Å². The van der Waals surface area contributed by atoms with Gasteiger partial charge >= 0.3 is 0 Å². The van der Waals surface area contributed by atoms with Crippen LogP contribution in [0, 0.1) is 0 Å². The Bertz CT molecular complexity index is 1700. The van der Waals surface area contributed by atoms with Crippen LogP contribution in [0.1, 0.15) is 22.8 Å². The topological polar surface area (TPSA) is 115 Å². The van der Waals surface area contributed by atoms with Crippen LogP contribution in [0.3, 0.4) is 0 Å². The minimum atomic E-state index is -0.533. The summed E-state index contributed by atoms with van der Waals surface area (Å²) in [7, 11) is 2.98. The number of nitrogens with one attached hydrogen (secondary N) is 3. The maximum atomic E-state index is 13.5. The number of carbonyl (C=O) groups excluding carboxylic acids is 3. The van der Waals surface area contributed by atoms with Gasteiger partial charge in [0.15, 0.2) is 0 Å². The summed E-state index contributed by atoms with van der Waals surface area (Å²) in [6, 6.07) is 26.1. The molecule has 11 heteroatoms. The number of hydrogen-bond donors (Lipinski definition) is 3. The zero-order valence-corrected chi connectivity index (χ0v) is 26.5. The Morgan fingerprint density at radius 2 is 1.56 bits per heavy atom. The molecule has 0 aliphatic rings. The molecule has 0 radical (unpaired) electrons. The first-order chi connectivity index (χ1) is 21.8. The molecule has 0 spiro atoms. The van der Waals surface area contributed by atoms with E-state index >= 15 is 0 Å². The molecule has 0 fully saturated rings. The van der Waals surface area contributed by atoms with E-state index in [2.05, 4.69) is 16.0 Å². The number of hydrogen-bond acceptors (Lipinski definition) is 7. The molecule has 0 heterocycles. The van der Waals surface area contributed by atoms with Gasteiger partial charge < -0.3 is 30.2 Å². The zero-order chi connectivity index (χ0) is 32.2. The van der Waals surface area contributed by atoms with E-state index in [1.54, 1.807) is 78.9 Å². The van der Waals surface area contributed by atoms with Gasteiger partial charge in [0.2, 0.25) is 5.91 Å². The molecule has 0 unspecified atom stereocenters. The van der Waals surface area contributed by atoms with Gasteiger partial charge in [-0.25, -0.2) is 0 Å². The van der Waals surface area contributed by atoms with Crippen molar-refractivity contribution in [2.24, 2.45) is 0 Å². The second-order valence-corrected chi connectivity index (χ2v) is 10.8. The minimum Gasteiger partial charge on any atom is -0.495 e. The standard InChI is InChI=1S/C34H32ClN3O6S/c1-4-44-29-16-9-8-13-23(29)17-28(38-33(40)22-11-6-5-7-12-22)34(41)36-24-14-10-15-25(18-24)45-21-32(39)37-27-19-26(35)30(42-2)20-31(27)43-3/h5-20H,4,21H2,1-3H3,(H,36,41)(H,37,39)(H,38,40)/b28-17+. The quantitative estimate of drug-likeness (QED) is 0.107. The molecule has 0 aromatic heterocycles. The summed E-state index contributed by atoms with van der Waals surface area (Å²) in [5.41, 5.74) is 1.95. The predicted octanol–water partition coefficient (Wildman–Crippen LogP) is 6.90. The molecule has 0 saturated carbocycles. The van der Waals surface area contributed by atoms with Gasteiger partial charge in [-0.15, -0.1) is 11.8 Å². The number of benzene rings is 4. The van der Waals surface area contributed by atoms with Gasteiger partial charge in [0.1, 0.15) is 22.9 Å². The highest BCUT2D eigenvalue weighted by molar-refractivity contribution is 8.00. The fourth-order valence-electron chi connectivity index (χ4n) is 4.14. The smallest absolute Gasteiger partial charge is 0.272 e. The minimum absolute atomic E-state index is 0.0283. The highest BCUT2D eigenvalue weighted by Crippen LogP contribution is 2.36. The second kappa shape index (κ2) is 16.2. The van der Waals surface area contributed by atoms with E-state index in [9.17, 15) is 14.4 Å². The van der Waals surface area contributed by atoms with Crippen molar-refractivity contribution in [3.63, 3.8) is 0 Å². The number of thioether (sulfide) groups is 1. The molecule has 0 saturated heterocycles. The number of carbonyl (C=O) groups is 3. The van der Waals surface area contributed by atoms with E-state index in [1.165, 1.54) is 26.0 Å². The molecule has 0 atom stereocenters. The summed E-state index contributed by atoms with van der Waals surface area (Å²) in [5, 5.41) is 8.72. The van der Waals surface area contributed by atoms with Crippen molar-refractivity contribution >= 4 is 58.5 Å². The third kappa shape index (κ3) is 9.28. The molecular formula is C34H32ClN3O6S. The summed E-state index contributed by atoms with van der Waals surface area (Å²) >= 11 is 7.50. The molecule has 0 aliphatic heterocycles. The van der Waals surface area contributed by atoms with Crippen molar-refractivity contribution in [1.29, 1.82) is 0 Å². The highest BCUT2D eigenvalue weighted by Gasteiger charge is 2.17. The average Bonchev–Trinajstić information content (AvgIpc) is 3.05. The molecule has 0 aliphatic carbocycles. The Labute approximate surface area is 270 Å². The SMILES string of the molecule is CCOc1ccccc1/C=C(/NC(=O)c1ccccc1)C(=O)Nc1cccc(SCC(=O)Nc2cc(Cl)c(OC)cc2OC)c1. The number of para-hydroxylation sites is 1. The van der Waals surface area contributed by atoms with Crippen LogP contribution >= 0.6 is 23.4 Å². The van der Waals surface area contributed by atoms with E-state index in [0.717, 1.165) is 4.90 Å². The Hall–Kier alpha value is -4.93. The summed E-state index contributed by atoms with van der Waals surface area (Å²) in [4.78, 5) is 40.0.